The lowest BCUT2D eigenvalue weighted by atomic mass is 10.1. The van der Waals surface area contributed by atoms with E-state index in [0.29, 0.717) is 12.1 Å². The topological polar surface area (TPSA) is 49.0 Å². The summed E-state index contributed by atoms with van der Waals surface area (Å²) in [4.78, 5) is 13.6. The van der Waals surface area contributed by atoms with E-state index in [-0.39, 0.29) is 10.6 Å². The first kappa shape index (κ1) is 12.6. The third kappa shape index (κ3) is 2.87. The van der Waals surface area contributed by atoms with Gasteiger partial charge in [-0.1, -0.05) is 11.6 Å². The molecule has 0 saturated carbocycles. The SMILES string of the molecule is CC(C)N1CCCC1Cc1cc(Cl)c(=O)[nH]n1. The molecule has 0 bridgehead atoms. The summed E-state index contributed by atoms with van der Waals surface area (Å²) in [6.45, 7) is 5.58. The van der Waals surface area contributed by atoms with Gasteiger partial charge in [0.2, 0.25) is 0 Å². The van der Waals surface area contributed by atoms with E-state index in [4.69, 9.17) is 11.6 Å². The van der Waals surface area contributed by atoms with Crippen LogP contribution in [0, 0.1) is 0 Å². The normalized spacial score (nSPS) is 21.3. The summed E-state index contributed by atoms with van der Waals surface area (Å²) in [6, 6.07) is 2.75. The number of halogens is 1. The van der Waals surface area contributed by atoms with Gasteiger partial charge in [0.15, 0.2) is 0 Å². The maximum Gasteiger partial charge on any atom is 0.282 e. The Bertz CT molecular complexity index is 444. The predicted octanol–water partition coefficient (Wildman–Crippen LogP) is 1.84. The van der Waals surface area contributed by atoms with Crippen molar-refractivity contribution in [2.75, 3.05) is 6.54 Å². The maximum absolute atomic E-state index is 11.1. The van der Waals surface area contributed by atoms with Gasteiger partial charge >= 0.3 is 0 Å². The molecular formula is C12H18ClN3O. The zero-order valence-corrected chi connectivity index (χ0v) is 11.0. The van der Waals surface area contributed by atoms with E-state index < -0.39 is 0 Å². The number of rotatable bonds is 3. The molecule has 4 nitrogen and oxygen atoms in total. The molecule has 0 aliphatic carbocycles. The number of nitrogens with zero attached hydrogens (tertiary/aromatic N) is 2. The summed E-state index contributed by atoms with van der Waals surface area (Å²) in [5.74, 6) is 0. The van der Waals surface area contributed by atoms with E-state index in [9.17, 15) is 4.79 Å². The van der Waals surface area contributed by atoms with Crippen LogP contribution in [0.4, 0.5) is 0 Å². The average molecular weight is 256 g/mol. The Morgan fingerprint density at radius 2 is 2.41 bits per heavy atom. The van der Waals surface area contributed by atoms with Crippen LogP contribution in [0.3, 0.4) is 0 Å². The maximum atomic E-state index is 11.1. The van der Waals surface area contributed by atoms with Gasteiger partial charge in [-0.2, -0.15) is 5.10 Å². The third-order valence-corrected chi connectivity index (χ3v) is 3.62. The van der Waals surface area contributed by atoms with Crippen molar-refractivity contribution in [2.24, 2.45) is 0 Å². The number of nitrogens with one attached hydrogen (secondary N) is 1. The van der Waals surface area contributed by atoms with Crippen molar-refractivity contribution < 1.29 is 0 Å². The highest BCUT2D eigenvalue weighted by molar-refractivity contribution is 6.30. The minimum absolute atomic E-state index is 0.226. The minimum Gasteiger partial charge on any atom is -0.298 e. The number of hydrogen-bond acceptors (Lipinski definition) is 3. The van der Waals surface area contributed by atoms with Crippen LogP contribution in [0.25, 0.3) is 0 Å². The van der Waals surface area contributed by atoms with Crippen molar-refractivity contribution >= 4 is 11.6 Å². The van der Waals surface area contributed by atoms with Crippen LogP contribution in [0.2, 0.25) is 5.02 Å². The Hall–Kier alpha value is -0.870. The molecule has 1 fully saturated rings. The van der Waals surface area contributed by atoms with Gasteiger partial charge in [0.05, 0.1) is 5.69 Å². The first-order valence-electron chi connectivity index (χ1n) is 6.08. The van der Waals surface area contributed by atoms with Crippen LogP contribution >= 0.6 is 11.6 Å². The van der Waals surface area contributed by atoms with Gasteiger partial charge in [0.1, 0.15) is 5.02 Å². The van der Waals surface area contributed by atoms with E-state index in [1.54, 1.807) is 6.07 Å². The molecule has 1 aromatic rings. The van der Waals surface area contributed by atoms with E-state index in [1.165, 1.54) is 12.8 Å². The molecule has 1 atom stereocenters. The summed E-state index contributed by atoms with van der Waals surface area (Å²) in [7, 11) is 0. The number of likely N-dealkylation sites (tertiary alicyclic amines) is 1. The molecule has 0 aromatic carbocycles. The van der Waals surface area contributed by atoms with Gasteiger partial charge < -0.3 is 0 Å². The van der Waals surface area contributed by atoms with Crippen LogP contribution in [0.5, 0.6) is 0 Å². The van der Waals surface area contributed by atoms with Crippen molar-refractivity contribution in [2.45, 2.75) is 45.2 Å². The molecule has 94 valence electrons. The molecule has 1 aromatic heterocycles. The van der Waals surface area contributed by atoms with Crippen LogP contribution in [-0.2, 0) is 6.42 Å². The highest BCUT2D eigenvalue weighted by Gasteiger charge is 2.26. The van der Waals surface area contributed by atoms with Gasteiger partial charge in [0.25, 0.3) is 5.56 Å². The van der Waals surface area contributed by atoms with Crippen LogP contribution in [0.15, 0.2) is 10.9 Å². The molecule has 2 rings (SSSR count). The molecule has 17 heavy (non-hydrogen) atoms. The van der Waals surface area contributed by atoms with Crippen molar-refractivity contribution in [1.82, 2.24) is 15.1 Å². The summed E-state index contributed by atoms with van der Waals surface area (Å²) in [5.41, 5.74) is 0.551. The molecule has 0 amide bonds. The molecule has 1 N–H and O–H groups in total. The van der Waals surface area contributed by atoms with E-state index >= 15 is 0 Å². The van der Waals surface area contributed by atoms with Gasteiger partial charge in [-0.05, 0) is 39.3 Å². The molecular weight excluding hydrogens is 238 g/mol. The fourth-order valence-electron chi connectivity index (χ4n) is 2.52. The monoisotopic (exact) mass is 255 g/mol. The standard InChI is InChI=1S/C12H18ClN3O/c1-8(2)16-5-3-4-10(16)6-9-7-11(13)12(17)15-14-9/h7-8,10H,3-6H2,1-2H3,(H,15,17). The van der Waals surface area contributed by atoms with E-state index in [1.807, 2.05) is 0 Å². The van der Waals surface area contributed by atoms with E-state index in [0.717, 1.165) is 18.7 Å². The molecule has 1 unspecified atom stereocenters. The second kappa shape index (κ2) is 5.19. The Labute approximate surface area is 106 Å². The molecule has 2 heterocycles. The molecule has 0 radical (unpaired) electrons. The first-order chi connectivity index (χ1) is 8.08. The highest BCUT2D eigenvalue weighted by atomic mass is 35.5. The van der Waals surface area contributed by atoms with Crippen molar-refractivity contribution in [3.8, 4) is 0 Å². The second-order valence-electron chi connectivity index (χ2n) is 4.87. The Morgan fingerprint density at radius 3 is 3.06 bits per heavy atom. The number of H-pyrrole nitrogens is 1. The largest absolute Gasteiger partial charge is 0.298 e. The lowest BCUT2D eigenvalue weighted by Crippen LogP contribution is -2.37. The zero-order valence-electron chi connectivity index (χ0n) is 10.2. The number of aromatic nitrogens is 2. The van der Waals surface area contributed by atoms with Crippen molar-refractivity contribution in [3.63, 3.8) is 0 Å². The highest BCUT2D eigenvalue weighted by Crippen LogP contribution is 2.22. The average Bonchev–Trinajstić information content (AvgIpc) is 2.72. The van der Waals surface area contributed by atoms with Gasteiger partial charge in [0, 0.05) is 18.5 Å². The molecule has 1 aliphatic rings. The van der Waals surface area contributed by atoms with E-state index in [2.05, 4.69) is 28.9 Å². The fraction of sp³-hybridized carbons (Fsp3) is 0.667. The third-order valence-electron chi connectivity index (χ3n) is 3.34. The zero-order chi connectivity index (χ0) is 12.4. The Kier molecular flexibility index (Phi) is 3.84. The van der Waals surface area contributed by atoms with Crippen molar-refractivity contribution in [1.29, 1.82) is 0 Å². The van der Waals surface area contributed by atoms with Gasteiger partial charge in [-0.15, -0.1) is 0 Å². The summed E-state index contributed by atoms with van der Waals surface area (Å²) < 4.78 is 0. The van der Waals surface area contributed by atoms with Crippen LogP contribution in [0.1, 0.15) is 32.4 Å². The minimum atomic E-state index is -0.317. The smallest absolute Gasteiger partial charge is 0.282 e. The quantitative estimate of drug-likeness (QED) is 0.897. The summed E-state index contributed by atoms with van der Waals surface area (Å²) >= 11 is 5.80. The summed E-state index contributed by atoms with van der Waals surface area (Å²) in [6.07, 6.45) is 3.28. The molecule has 1 saturated heterocycles. The molecule has 1 aliphatic heterocycles. The van der Waals surface area contributed by atoms with Gasteiger partial charge in [-0.3, -0.25) is 9.69 Å². The lowest BCUT2D eigenvalue weighted by Gasteiger charge is -2.27. The van der Waals surface area contributed by atoms with Crippen molar-refractivity contribution in [3.05, 3.63) is 27.1 Å². The number of hydrogen-bond donors (Lipinski definition) is 1. The Balaban J connectivity index is 2.09. The molecule has 5 heteroatoms. The fourth-order valence-corrected chi connectivity index (χ4v) is 2.69. The summed E-state index contributed by atoms with van der Waals surface area (Å²) in [5, 5.41) is 6.70. The predicted molar refractivity (Wildman–Crippen MR) is 68.4 cm³/mol. The lowest BCUT2D eigenvalue weighted by molar-refractivity contribution is 0.201. The number of aromatic amines is 1. The first-order valence-corrected chi connectivity index (χ1v) is 6.45. The van der Waals surface area contributed by atoms with Crippen LogP contribution < -0.4 is 5.56 Å². The molecule has 0 spiro atoms. The van der Waals surface area contributed by atoms with Crippen LogP contribution in [-0.4, -0.2) is 33.7 Å². The second-order valence-corrected chi connectivity index (χ2v) is 5.28. The Morgan fingerprint density at radius 1 is 1.65 bits per heavy atom. The van der Waals surface area contributed by atoms with Gasteiger partial charge in [-0.25, -0.2) is 5.10 Å².